The lowest BCUT2D eigenvalue weighted by Gasteiger charge is -2.10. The first-order valence-corrected chi connectivity index (χ1v) is 8.04. The molecule has 1 aliphatic rings. The van der Waals surface area contributed by atoms with Gasteiger partial charge in [0.25, 0.3) is 0 Å². The number of Topliss-reactive ketones (excluding diaryl/α,β-unsaturated/α-hetero) is 2. The number of hydrogen-bond acceptors (Lipinski definition) is 3. The Morgan fingerprint density at radius 2 is 1.10 bits per heavy atom. The van der Waals surface area contributed by atoms with Crippen LogP contribution in [-0.2, 0) is 0 Å². The minimum absolute atomic E-state index is 0.0925. The number of carbonyl (C=O) groups is 2. The Morgan fingerprint density at radius 3 is 1.48 bits per heavy atom. The summed E-state index contributed by atoms with van der Waals surface area (Å²) in [6.45, 7) is 0. The van der Waals surface area contributed by atoms with Gasteiger partial charge in [-0.15, -0.1) is 11.8 Å². The van der Waals surface area contributed by atoms with E-state index in [-0.39, 0.29) is 22.1 Å². The van der Waals surface area contributed by atoms with Gasteiger partial charge in [-0.25, -0.2) is 0 Å². The van der Waals surface area contributed by atoms with Crippen LogP contribution in [0.4, 0.5) is 0 Å². The number of hydrogen-bond donors (Lipinski definition) is 0. The highest BCUT2D eigenvalue weighted by molar-refractivity contribution is 8.02. The van der Waals surface area contributed by atoms with E-state index in [2.05, 4.69) is 0 Å². The molecular weight excluding hydrogens is 280 g/mol. The summed E-state index contributed by atoms with van der Waals surface area (Å²) in [7, 11) is 0. The molecule has 106 valence electrons. The fraction of sp³-hybridized carbons (Fsp3) is 0.222. The fourth-order valence-corrected chi connectivity index (χ4v) is 4.06. The Kier molecular flexibility index (Phi) is 4.20. The predicted octanol–water partition coefficient (Wildman–Crippen LogP) is 4.02. The normalized spacial score (nSPS) is 21.1. The Morgan fingerprint density at radius 1 is 0.714 bits per heavy atom. The lowest BCUT2D eigenvalue weighted by atomic mass is 10.0. The molecule has 0 amide bonds. The number of ketones is 2. The lowest BCUT2D eigenvalue weighted by molar-refractivity contribution is 0.0975. The summed E-state index contributed by atoms with van der Waals surface area (Å²) >= 11 is 1.52. The van der Waals surface area contributed by atoms with Crippen LogP contribution in [0.25, 0.3) is 0 Å². The van der Waals surface area contributed by atoms with E-state index in [9.17, 15) is 9.59 Å². The Labute approximate surface area is 128 Å². The molecule has 1 saturated heterocycles. The molecule has 3 rings (SSSR count). The van der Waals surface area contributed by atoms with Crippen molar-refractivity contribution in [3.8, 4) is 0 Å². The van der Waals surface area contributed by atoms with E-state index in [1.807, 2.05) is 60.7 Å². The standard InChI is InChI=1S/C18H16O2S/c19-17(13-7-3-1-4-8-13)15-11-12-16(21-15)18(20)14-9-5-2-6-10-14/h1-10,15-16H,11-12H2. The highest BCUT2D eigenvalue weighted by Gasteiger charge is 2.35. The molecule has 0 radical (unpaired) electrons. The van der Waals surface area contributed by atoms with Crippen LogP contribution in [-0.4, -0.2) is 22.1 Å². The zero-order valence-corrected chi connectivity index (χ0v) is 12.4. The molecule has 2 unspecified atom stereocenters. The van der Waals surface area contributed by atoms with Crippen LogP contribution in [0.3, 0.4) is 0 Å². The van der Waals surface area contributed by atoms with Gasteiger partial charge in [0.05, 0.1) is 10.5 Å². The fourth-order valence-electron chi connectivity index (χ4n) is 2.60. The van der Waals surface area contributed by atoms with E-state index >= 15 is 0 Å². The van der Waals surface area contributed by atoms with Gasteiger partial charge in [0.15, 0.2) is 11.6 Å². The van der Waals surface area contributed by atoms with Crippen molar-refractivity contribution in [2.75, 3.05) is 0 Å². The molecule has 0 N–H and O–H groups in total. The first-order valence-electron chi connectivity index (χ1n) is 7.09. The van der Waals surface area contributed by atoms with E-state index in [0.29, 0.717) is 0 Å². The second kappa shape index (κ2) is 6.27. The molecule has 2 atom stereocenters. The average molecular weight is 296 g/mol. The van der Waals surface area contributed by atoms with E-state index in [0.717, 1.165) is 24.0 Å². The van der Waals surface area contributed by atoms with Crippen molar-refractivity contribution in [1.82, 2.24) is 0 Å². The Bertz CT molecular complexity index is 579. The molecule has 3 heteroatoms. The molecule has 2 aromatic carbocycles. The first-order chi connectivity index (χ1) is 10.3. The summed E-state index contributed by atoms with van der Waals surface area (Å²) in [5, 5.41) is -0.185. The molecule has 0 saturated carbocycles. The molecule has 0 spiro atoms. The molecular formula is C18H16O2S. The molecule has 0 aromatic heterocycles. The minimum atomic E-state index is -0.0925. The second-order valence-electron chi connectivity index (χ2n) is 5.15. The zero-order chi connectivity index (χ0) is 14.7. The van der Waals surface area contributed by atoms with Crippen molar-refractivity contribution in [3.05, 3.63) is 71.8 Å². The van der Waals surface area contributed by atoms with Crippen LogP contribution in [0.5, 0.6) is 0 Å². The molecule has 1 heterocycles. The van der Waals surface area contributed by atoms with E-state index < -0.39 is 0 Å². The minimum Gasteiger partial charge on any atom is -0.293 e. The molecule has 1 fully saturated rings. The van der Waals surface area contributed by atoms with Crippen molar-refractivity contribution in [2.45, 2.75) is 23.3 Å². The van der Waals surface area contributed by atoms with Gasteiger partial charge in [0, 0.05) is 11.1 Å². The molecule has 21 heavy (non-hydrogen) atoms. The third-order valence-electron chi connectivity index (χ3n) is 3.72. The van der Waals surface area contributed by atoms with Gasteiger partial charge >= 0.3 is 0 Å². The quantitative estimate of drug-likeness (QED) is 0.799. The van der Waals surface area contributed by atoms with Crippen molar-refractivity contribution < 1.29 is 9.59 Å². The highest BCUT2D eigenvalue weighted by Crippen LogP contribution is 2.37. The summed E-state index contributed by atoms with van der Waals surface area (Å²) in [6, 6.07) is 18.7. The van der Waals surface area contributed by atoms with Crippen LogP contribution in [0.15, 0.2) is 60.7 Å². The molecule has 2 nitrogen and oxygen atoms in total. The second-order valence-corrected chi connectivity index (χ2v) is 6.56. The highest BCUT2D eigenvalue weighted by atomic mass is 32.2. The third kappa shape index (κ3) is 3.08. The third-order valence-corrected chi connectivity index (χ3v) is 5.28. The van der Waals surface area contributed by atoms with Crippen LogP contribution >= 0.6 is 11.8 Å². The SMILES string of the molecule is O=C(c1ccccc1)C1CCC(C(=O)c2ccccc2)S1. The van der Waals surface area contributed by atoms with E-state index in [4.69, 9.17) is 0 Å². The molecule has 2 aromatic rings. The lowest BCUT2D eigenvalue weighted by Crippen LogP contribution is -2.17. The smallest absolute Gasteiger partial charge is 0.175 e. The van der Waals surface area contributed by atoms with Gasteiger partial charge in [0.1, 0.15) is 0 Å². The first kappa shape index (κ1) is 14.1. The van der Waals surface area contributed by atoms with Crippen LogP contribution < -0.4 is 0 Å². The Hall–Kier alpha value is -1.87. The van der Waals surface area contributed by atoms with Crippen molar-refractivity contribution >= 4 is 23.3 Å². The largest absolute Gasteiger partial charge is 0.293 e. The van der Waals surface area contributed by atoms with Crippen LogP contribution in [0, 0.1) is 0 Å². The number of benzene rings is 2. The Balaban J connectivity index is 1.69. The average Bonchev–Trinajstić information content (AvgIpc) is 3.05. The summed E-state index contributed by atoms with van der Waals surface area (Å²) in [5.74, 6) is 0.285. The molecule has 0 bridgehead atoms. The van der Waals surface area contributed by atoms with Crippen molar-refractivity contribution in [3.63, 3.8) is 0 Å². The van der Waals surface area contributed by atoms with Crippen molar-refractivity contribution in [2.24, 2.45) is 0 Å². The topological polar surface area (TPSA) is 34.1 Å². The van der Waals surface area contributed by atoms with Crippen molar-refractivity contribution in [1.29, 1.82) is 0 Å². The number of carbonyl (C=O) groups excluding carboxylic acids is 2. The number of thioether (sulfide) groups is 1. The van der Waals surface area contributed by atoms with E-state index in [1.165, 1.54) is 11.8 Å². The maximum absolute atomic E-state index is 12.4. The predicted molar refractivity (Wildman–Crippen MR) is 85.9 cm³/mol. The molecule has 1 aliphatic heterocycles. The molecule has 0 aliphatic carbocycles. The maximum Gasteiger partial charge on any atom is 0.175 e. The van der Waals surface area contributed by atoms with Crippen LogP contribution in [0.1, 0.15) is 33.6 Å². The number of rotatable bonds is 4. The summed E-state index contributed by atoms with van der Waals surface area (Å²) < 4.78 is 0. The maximum atomic E-state index is 12.4. The zero-order valence-electron chi connectivity index (χ0n) is 11.6. The van der Waals surface area contributed by atoms with Gasteiger partial charge in [-0.3, -0.25) is 9.59 Å². The van der Waals surface area contributed by atoms with Crippen LogP contribution in [0.2, 0.25) is 0 Å². The van der Waals surface area contributed by atoms with E-state index in [1.54, 1.807) is 0 Å². The summed E-state index contributed by atoms with van der Waals surface area (Å²) in [4.78, 5) is 24.8. The monoisotopic (exact) mass is 296 g/mol. The van der Waals surface area contributed by atoms with Gasteiger partial charge < -0.3 is 0 Å². The van der Waals surface area contributed by atoms with Gasteiger partial charge in [-0.2, -0.15) is 0 Å². The van der Waals surface area contributed by atoms with Gasteiger partial charge in [0.2, 0.25) is 0 Å². The summed E-state index contributed by atoms with van der Waals surface area (Å²) in [5.41, 5.74) is 1.48. The van der Waals surface area contributed by atoms with Gasteiger partial charge in [-0.05, 0) is 12.8 Å². The summed E-state index contributed by atoms with van der Waals surface area (Å²) in [6.07, 6.45) is 1.56. The van der Waals surface area contributed by atoms with Gasteiger partial charge in [-0.1, -0.05) is 60.7 Å².